The van der Waals surface area contributed by atoms with Crippen LogP contribution in [-0.2, 0) is 11.2 Å². The molecule has 5 heteroatoms. The molecule has 0 bridgehead atoms. The molecule has 0 fully saturated rings. The van der Waals surface area contributed by atoms with E-state index in [-0.39, 0.29) is 5.91 Å². The topological polar surface area (TPSA) is 52.9 Å². The lowest BCUT2D eigenvalue weighted by molar-refractivity contribution is -0.115. The zero-order chi connectivity index (χ0) is 15.8. The summed E-state index contributed by atoms with van der Waals surface area (Å²) in [6.45, 7) is 0. The van der Waals surface area contributed by atoms with E-state index in [0.717, 1.165) is 26.4 Å². The SMILES string of the molecule is N#CCc1ccc(NC(=O)CCSc2ccccc2Br)cc1. The number of hydrogen-bond donors (Lipinski definition) is 1. The lowest BCUT2D eigenvalue weighted by atomic mass is 10.1. The van der Waals surface area contributed by atoms with Crippen LogP contribution in [-0.4, -0.2) is 11.7 Å². The van der Waals surface area contributed by atoms with E-state index in [4.69, 9.17) is 5.26 Å². The van der Waals surface area contributed by atoms with Crippen molar-refractivity contribution in [2.24, 2.45) is 0 Å². The summed E-state index contributed by atoms with van der Waals surface area (Å²) < 4.78 is 1.05. The first kappa shape index (κ1) is 16.6. The summed E-state index contributed by atoms with van der Waals surface area (Å²) in [6, 6.07) is 17.4. The normalized spacial score (nSPS) is 10.0. The molecule has 2 aromatic carbocycles. The third-order valence-corrected chi connectivity index (χ3v) is 4.97. The lowest BCUT2D eigenvalue weighted by Crippen LogP contribution is -2.12. The van der Waals surface area contributed by atoms with Crippen molar-refractivity contribution < 1.29 is 4.79 Å². The molecule has 0 heterocycles. The molecule has 0 aliphatic heterocycles. The number of benzene rings is 2. The van der Waals surface area contributed by atoms with E-state index in [1.165, 1.54) is 0 Å². The quantitative estimate of drug-likeness (QED) is 0.749. The molecule has 0 aliphatic carbocycles. The zero-order valence-electron chi connectivity index (χ0n) is 11.9. The molecular formula is C17H15BrN2OS. The van der Waals surface area contributed by atoms with E-state index >= 15 is 0 Å². The van der Waals surface area contributed by atoms with Crippen LogP contribution in [0.15, 0.2) is 57.9 Å². The van der Waals surface area contributed by atoms with Gasteiger partial charge in [0, 0.05) is 27.2 Å². The second-order valence-electron chi connectivity index (χ2n) is 4.61. The van der Waals surface area contributed by atoms with Crippen LogP contribution in [0.2, 0.25) is 0 Å². The van der Waals surface area contributed by atoms with Gasteiger partial charge in [0.2, 0.25) is 5.91 Å². The molecule has 1 N–H and O–H groups in total. The number of rotatable bonds is 6. The maximum Gasteiger partial charge on any atom is 0.225 e. The van der Waals surface area contributed by atoms with Crippen molar-refractivity contribution >= 4 is 39.3 Å². The molecule has 1 amide bonds. The number of carbonyl (C=O) groups is 1. The maximum atomic E-state index is 11.9. The van der Waals surface area contributed by atoms with Gasteiger partial charge in [-0.3, -0.25) is 4.79 Å². The smallest absolute Gasteiger partial charge is 0.225 e. The summed E-state index contributed by atoms with van der Waals surface area (Å²) in [7, 11) is 0. The Morgan fingerprint density at radius 1 is 1.18 bits per heavy atom. The minimum Gasteiger partial charge on any atom is -0.326 e. The van der Waals surface area contributed by atoms with Crippen molar-refractivity contribution in [3.63, 3.8) is 0 Å². The van der Waals surface area contributed by atoms with Crippen molar-refractivity contribution in [3.8, 4) is 6.07 Å². The average Bonchev–Trinajstić information content (AvgIpc) is 2.51. The van der Waals surface area contributed by atoms with E-state index in [1.807, 2.05) is 48.5 Å². The number of hydrogen-bond acceptors (Lipinski definition) is 3. The van der Waals surface area contributed by atoms with Crippen molar-refractivity contribution in [2.45, 2.75) is 17.7 Å². The van der Waals surface area contributed by atoms with Crippen LogP contribution >= 0.6 is 27.7 Å². The van der Waals surface area contributed by atoms with E-state index < -0.39 is 0 Å². The van der Waals surface area contributed by atoms with Gasteiger partial charge in [-0.25, -0.2) is 0 Å². The predicted octanol–water partition coefficient (Wildman–Crippen LogP) is 4.64. The number of carbonyl (C=O) groups excluding carboxylic acids is 1. The number of anilines is 1. The molecular weight excluding hydrogens is 360 g/mol. The van der Waals surface area contributed by atoms with Gasteiger partial charge in [-0.05, 0) is 45.8 Å². The molecule has 0 spiro atoms. The summed E-state index contributed by atoms with van der Waals surface area (Å²) in [5.41, 5.74) is 1.71. The predicted molar refractivity (Wildman–Crippen MR) is 93.9 cm³/mol. The van der Waals surface area contributed by atoms with Gasteiger partial charge in [0.15, 0.2) is 0 Å². The van der Waals surface area contributed by atoms with Gasteiger partial charge in [0.1, 0.15) is 0 Å². The fourth-order valence-corrected chi connectivity index (χ4v) is 3.35. The Hall–Kier alpha value is -1.77. The van der Waals surface area contributed by atoms with E-state index in [1.54, 1.807) is 11.8 Å². The van der Waals surface area contributed by atoms with Crippen molar-refractivity contribution in [3.05, 3.63) is 58.6 Å². The Balaban J connectivity index is 1.78. The summed E-state index contributed by atoms with van der Waals surface area (Å²) in [6.07, 6.45) is 0.836. The highest BCUT2D eigenvalue weighted by Gasteiger charge is 2.05. The Labute approximate surface area is 142 Å². The molecule has 22 heavy (non-hydrogen) atoms. The number of nitriles is 1. The summed E-state index contributed by atoms with van der Waals surface area (Å²) >= 11 is 5.14. The number of thioether (sulfide) groups is 1. The molecule has 0 radical (unpaired) electrons. The molecule has 112 valence electrons. The molecule has 3 nitrogen and oxygen atoms in total. The summed E-state index contributed by atoms with van der Waals surface area (Å²) in [4.78, 5) is 13.0. The van der Waals surface area contributed by atoms with Gasteiger partial charge in [-0.15, -0.1) is 11.8 Å². The molecule has 2 aromatic rings. The van der Waals surface area contributed by atoms with Crippen LogP contribution in [0, 0.1) is 11.3 Å². The third kappa shape index (κ3) is 5.21. The molecule has 0 saturated heterocycles. The van der Waals surface area contributed by atoms with E-state index in [9.17, 15) is 4.79 Å². The highest BCUT2D eigenvalue weighted by Crippen LogP contribution is 2.27. The van der Waals surface area contributed by atoms with Crippen LogP contribution in [0.5, 0.6) is 0 Å². The minimum atomic E-state index is -0.00686. The molecule has 2 rings (SSSR count). The first-order valence-corrected chi connectivity index (χ1v) is 8.60. The highest BCUT2D eigenvalue weighted by atomic mass is 79.9. The Bertz CT molecular complexity index is 680. The minimum absolute atomic E-state index is 0.00686. The number of nitrogens with zero attached hydrogens (tertiary/aromatic N) is 1. The van der Waals surface area contributed by atoms with Crippen molar-refractivity contribution in [1.29, 1.82) is 5.26 Å². The van der Waals surface area contributed by atoms with Gasteiger partial charge in [-0.2, -0.15) is 5.26 Å². The largest absolute Gasteiger partial charge is 0.326 e. The second-order valence-corrected chi connectivity index (χ2v) is 6.60. The van der Waals surface area contributed by atoms with Crippen LogP contribution in [0.3, 0.4) is 0 Å². The number of amides is 1. The Morgan fingerprint density at radius 3 is 2.59 bits per heavy atom. The van der Waals surface area contributed by atoms with Crippen LogP contribution < -0.4 is 5.32 Å². The van der Waals surface area contributed by atoms with Crippen LogP contribution in [0.25, 0.3) is 0 Å². The van der Waals surface area contributed by atoms with E-state index in [0.29, 0.717) is 12.8 Å². The Kier molecular flexibility index (Phi) is 6.50. The summed E-state index contributed by atoms with van der Waals surface area (Å²) in [5, 5.41) is 11.5. The number of nitrogens with one attached hydrogen (secondary N) is 1. The third-order valence-electron chi connectivity index (χ3n) is 2.94. The fraction of sp³-hybridized carbons (Fsp3) is 0.176. The molecule has 0 aromatic heterocycles. The average molecular weight is 375 g/mol. The zero-order valence-corrected chi connectivity index (χ0v) is 14.3. The van der Waals surface area contributed by atoms with Gasteiger partial charge >= 0.3 is 0 Å². The monoisotopic (exact) mass is 374 g/mol. The van der Waals surface area contributed by atoms with E-state index in [2.05, 4.69) is 27.3 Å². The lowest BCUT2D eigenvalue weighted by Gasteiger charge is -2.06. The molecule has 0 atom stereocenters. The highest BCUT2D eigenvalue weighted by molar-refractivity contribution is 9.10. The number of halogens is 1. The van der Waals surface area contributed by atoms with Crippen LogP contribution in [0.1, 0.15) is 12.0 Å². The van der Waals surface area contributed by atoms with Gasteiger partial charge in [-0.1, -0.05) is 24.3 Å². The molecule has 0 unspecified atom stereocenters. The summed E-state index contributed by atoms with van der Waals surface area (Å²) in [5.74, 6) is 0.716. The fourth-order valence-electron chi connectivity index (χ4n) is 1.84. The maximum absolute atomic E-state index is 11.9. The molecule has 0 saturated carbocycles. The first-order valence-electron chi connectivity index (χ1n) is 6.82. The van der Waals surface area contributed by atoms with Crippen LogP contribution in [0.4, 0.5) is 5.69 Å². The van der Waals surface area contributed by atoms with Crippen molar-refractivity contribution in [1.82, 2.24) is 0 Å². The standard InChI is InChI=1S/C17H15BrN2OS/c18-15-3-1-2-4-16(15)22-12-10-17(21)20-14-7-5-13(6-8-14)9-11-19/h1-8H,9-10,12H2,(H,20,21). The van der Waals surface area contributed by atoms with Gasteiger partial charge in [0.25, 0.3) is 0 Å². The second kappa shape index (κ2) is 8.62. The van der Waals surface area contributed by atoms with Gasteiger partial charge < -0.3 is 5.32 Å². The molecule has 0 aliphatic rings. The first-order chi connectivity index (χ1) is 10.7. The van der Waals surface area contributed by atoms with Gasteiger partial charge in [0.05, 0.1) is 12.5 Å². The Morgan fingerprint density at radius 2 is 1.91 bits per heavy atom. The van der Waals surface area contributed by atoms with Crippen molar-refractivity contribution in [2.75, 3.05) is 11.1 Å².